The van der Waals surface area contributed by atoms with Crippen LogP contribution in [0.3, 0.4) is 0 Å². The number of allylic oxidation sites excluding steroid dienone is 1. The minimum Gasteiger partial charge on any atom is -0.395 e. The molecule has 0 saturated carbocycles. The number of hydrogen-bond acceptors (Lipinski definition) is 2. The van der Waals surface area contributed by atoms with Crippen LogP contribution in [0, 0.1) is 0 Å². The van der Waals surface area contributed by atoms with Crippen LogP contribution in [-0.2, 0) is 0 Å². The second kappa shape index (κ2) is 6.03. The first kappa shape index (κ1) is 13.4. The van der Waals surface area contributed by atoms with E-state index in [1.807, 2.05) is 13.8 Å². The number of nitrogens with zero attached hydrogens (tertiary/aromatic N) is 1. The highest BCUT2D eigenvalue weighted by atomic mass is 19.4. The molecule has 0 saturated heterocycles. The summed E-state index contributed by atoms with van der Waals surface area (Å²) in [6.45, 7) is 2.69. The lowest BCUT2D eigenvalue weighted by Crippen LogP contribution is -2.36. The Balaban J connectivity index is 4.09. The first-order valence-electron chi connectivity index (χ1n) is 4.38. The van der Waals surface area contributed by atoms with Gasteiger partial charge < -0.3 is 5.11 Å². The summed E-state index contributed by atoms with van der Waals surface area (Å²) >= 11 is 0. The third-order valence-corrected chi connectivity index (χ3v) is 1.58. The monoisotopic (exact) mass is 211 g/mol. The normalized spacial score (nSPS) is 11.9. The van der Waals surface area contributed by atoms with Gasteiger partial charge in [-0.3, -0.25) is 4.90 Å². The molecule has 0 aliphatic heterocycles. The Morgan fingerprint density at radius 1 is 1.36 bits per heavy atom. The van der Waals surface area contributed by atoms with Crippen molar-refractivity contribution < 1.29 is 18.3 Å². The van der Waals surface area contributed by atoms with Crippen molar-refractivity contribution in [1.29, 1.82) is 0 Å². The Kier molecular flexibility index (Phi) is 5.79. The van der Waals surface area contributed by atoms with Crippen molar-refractivity contribution in [3.05, 3.63) is 11.6 Å². The number of alkyl halides is 3. The van der Waals surface area contributed by atoms with Gasteiger partial charge in [0, 0.05) is 13.1 Å². The highest BCUT2D eigenvalue weighted by Gasteiger charge is 2.29. The molecular formula is C9H16F3NO. The van der Waals surface area contributed by atoms with Gasteiger partial charge >= 0.3 is 6.18 Å². The van der Waals surface area contributed by atoms with Gasteiger partial charge in [0.25, 0.3) is 0 Å². The van der Waals surface area contributed by atoms with Gasteiger partial charge in [0.15, 0.2) is 0 Å². The second-order valence-electron chi connectivity index (χ2n) is 3.36. The lowest BCUT2D eigenvalue weighted by atomic mass is 10.3. The number of rotatable bonds is 5. The van der Waals surface area contributed by atoms with Gasteiger partial charge in [-0.25, -0.2) is 0 Å². The Labute approximate surface area is 82.0 Å². The van der Waals surface area contributed by atoms with E-state index in [0.29, 0.717) is 0 Å². The molecule has 0 amide bonds. The predicted molar refractivity (Wildman–Crippen MR) is 49.0 cm³/mol. The van der Waals surface area contributed by atoms with E-state index in [0.717, 1.165) is 10.5 Å². The first-order valence-corrected chi connectivity index (χ1v) is 4.38. The second-order valence-corrected chi connectivity index (χ2v) is 3.36. The summed E-state index contributed by atoms with van der Waals surface area (Å²) in [5.41, 5.74) is 0.968. The van der Waals surface area contributed by atoms with Crippen molar-refractivity contribution in [2.24, 2.45) is 0 Å². The number of aliphatic hydroxyl groups excluding tert-OH is 1. The molecule has 0 unspecified atom stereocenters. The molecule has 0 aromatic carbocycles. The lowest BCUT2D eigenvalue weighted by Gasteiger charge is -2.21. The summed E-state index contributed by atoms with van der Waals surface area (Å²) in [4.78, 5) is 1.16. The maximum absolute atomic E-state index is 12.0. The molecule has 0 radical (unpaired) electrons. The predicted octanol–water partition coefficient (Wildman–Crippen LogP) is 1.81. The molecule has 84 valence electrons. The first-order chi connectivity index (χ1) is 6.35. The zero-order valence-electron chi connectivity index (χ0n) is 8.43. The van der Waals surface area contributed by atoms with E-state index in [1.165, 1.54) is 0 Å². The number of hydrogen-bond donors (Lipinski definition) is 1. The van der Waals surface area contributed by atoms with Gasteiger partial charge in [-0.15, -0.1) is 0 Å². The maximum atomic E-state index is 12.0. The summed E-state index contributed by atoms with van der Waals surface area (Å²) in [5.74, 6) is 0. The van der Waals surface area contributed by atoms with E-state index in [2.05, 4.69) is 0 Å². The number of aliphatic hydroxyl groups is 1. The summed E-state index contributed by atoms with van der Waals surface area (Å²) < 4.78 is 36.0. The molecule has 5 heteroatoms. The molecule has 1 N–H and O–H groups in total. The highest BCUT2D eigenvalue weighted by Crippen LogP contribution is 2.16. The van der Waals surface area contributed by atoms with Gasteiger partial charge in [0.05, 0.1) is 13.2 Å². The van der Waals surface area contributed by atoms with Crippen LogP contribution >= 0.6 is 0 Å². The van der Waals surface area contributed by atoms with Crippen molar-refractivity contribution in [2.75, 3.05) is 26.2 Å². The van der Waals surface area contributed by atoms with Crippen LogP contribution < -0.4 is 0 Å². The average Bonchev–Trinajstić information content (AvgIpc) is 1.98. The molecule has 14 heavy (non-hydrogen) atoms. The van der Waals surface area contributed by atoms with E-state index in [4.69, 9.17) is 5.11 Å². The fourth-order valence-electron chi connectivity index (χ4n) is 0.942. The van der Waals surface area contributed by atoms with Gasteiger partial charge in [-0.05, 0) is 13.8 Å². The van der Waals surface area contributed by atoms with Crippen LogP contribution in [0.5, 0.6) is 0 Å². The molecule has 0 aliphatic rings. The van der Waals surface area contributed by atoms with E-state index in [9.17, 15) is 13.2 Å². The van der Waals surface area contributed by atoms with E-state index in [1.54, 1.807) is 6.08 Å². The molecule has 0 aliphatic carbocycles. The van der Waals surface area contributed by atoms with Gasteiger partial charge in [-0.1, -0.05) is 11.6 Å². The maximum Gasteiger partial charge on any atom is 0.401 e. The van der Waals surface area contributed by atoms with Crippen molar-refractivity contribution in [3.8, 4) is 0 Å². The Hall–Kier alpha value is -0.550. The molecule has 0 atom stereocenters. The minimum atomic E-state index is -4.20. The zero-order chi connectivity index (χ0) is 11.2. The van der Waals surface area contributed by atoms with Crippen molar-refractivity contribution >= 4 is 0 Å². The van der Waals surface area contributed by atoms with Gasteiger partial charge in [-0.2, -0.15) is 13.2 Å². The zero-order valence-corrected chi connectivity index (χ0v) is 8.43. The van der Waals surface area contributed by atoms with Crippen molar-refractivity contribution in [2.45, 2.75) is 20.0 Å². The summed E-state index contributed by atoms with van der Waals surface area (Å²) in [6.07, 6.45) is -2.49. The molecule has 0 bridgehead atoms. The molecule has 0 aromatic rings. The quantitative estimate of drug-likeness (QED) is 0.701. The van der Waals surface area contributed by atoms with Crippen LogP contribution in [0.25, 0.3) is 0 Å². The van der Waals surface area contributed by atoms with Crippen LogP contribution in [0.2, 0.25) is 0 Å². The number of halogens is 3. The minimum absolute atomic E-state index is 0.0449. The highest BCUT2D eigenvalue weighted by molar-refractivity contribution is 4.95. The third kappa shape index (κ3) is 8.07. The van der Waals surface area contributed by atoms with Gasteiger partial charge in [0.2, 0.25) is 0 Å². The summed E-state index contributed by atoms with van der Waals surface area (Å²) in [7, 11) is 0. The largest absolute Gasteiger partial charge is 0.401 e. The fraction of sp³-hybridized carbons (Fsp3) is 0.778. The van der Waals surface area contributed by atoms with Crippen LogP contribution in [0.15, 0.2) is 11.6 Å². The average molecular weight is 211 g/mol. The van der Waals surface area contributed by atoms with Gasteiger partial charge in [0.1, 0.15) is 0 Å². The standard InChI is InChI=1S/C9H16F3NO/c1-8(2)3-4-13(5-6-14)7-9(10,11)12/h3,14H,4-7H2,1-2H3. The molecule has 0 spiro atoms. The summed E-state index contributed by atoms with van der Waals surface area (Å²) in [5, 5.41) is 8.57. The Morgan fingerprint density at radius 2 is 1.93 bits per heavy atom. The smallest absolute Gasteiger partial charge is 0.395 e. The van der Waals surface area contributed by atoms with Crippen LogP contribution in [0.4, 0.5) is 13.2 Å². The molecular weight excluding hydrogens is 195 g/mol. The molecule has 0 rings (SSSR count). The Morgan fingerprint density at radius 3 is 2.29 bits per heavy atom. The Bertz CT molecular complexity index is 185. The SMILES string of the molecule is CC(C)=CCN(CCO)CC(F)(F)F. The van der Waals surface area contributed by atoms with E-state index < -0.39 is 12.7 Å². The van der Waals surface area contributed by atoms with Crippen LogP contribution in [-0.4, -0.2) is 42.4 Å². The molecule has 0 heterocycles. The topological polar surface area (TPSA) is 23.5 Å². The van der Waals surface area contributed by atoms with Crippen molar-refractivity contribution in [3.63, 3.8) is 0 Å². The third-order valence-electron chi connectivity index (χ3n) is 1.58. The fourth-order valence-corrected chi connectivity index (χ4v) is 0.942. The lowest BCUT2D eigenvalue weighted by molar-refractivity contribution is -0.145. The van der Waals surface area contributed by atoms with E-state index in [-0.39, 0.29) is 19.7 Å². The van der Waals surface area contributed by atoms with E-state index >= 15 is 0 Å². The molecule has 0 fully saturated rings. The summed E-state index contributed by atoms with van der Waals surface area (Å²) in [6, 6.07) is 0. The molecule has 0 aromatic heterocycles. The van der Waals surface area contributed by atoms with Crippen molar-refractivity contribution in [1.82, 2.24) is 4.90 Å². The van der Waals surface area contributed by atoms with Crippen LogP contribution in [0.1, 0.15) is 13.8 Å². The molecule has 2 nitrogen and oxygen atoms in total.